The van der Waals surface area contributed by atoms with Crippen molar-refractivity contribution in [2.24, 2.45) is 0 Å². The number of imidazole rings is 1. The molecule has 2 aromatic carbocycles. The molecule has 0 bridgehead atoms. The number of aromatic nitrogens is 2. The van der Waals surface area contributed by atoms with E-state index in [4.69, 9.17) is 14.5 Å². The largest absolute Gasteiger partial charge is 0.497 e. The Morgan fingerprint density at radius 2 is 1.97 bits per heavy atom. The van der Waals surface area contributed by atoms with Crippen molar-refractivity contribution in [3.05, 3.63) is 53.9 Å². The topological polar surface area (TPSA) is 68.6 Å². The molecule has 1 aliphatic heterocycles. The number of anilines is 1. The maximum Gasteiger partial charge on any atom is 0.255 e. The van der Waals surface area contributed by atoms with Crippen LogP contribution < -0.4 is 10.1 Å². The fourth-order valence-corrected chi connectivity index (χ4v) is 3.72. The highest BCUT2D eigenvalue weighted by Gasteiger charge is 2.20. The van der Waals surface area contributed by atoms with Crippen LogP contribution in [0.1, 0.15) is 22.6 Å². The van der Waals surface area contributed by atoms with Gasteiger partial charge in [0, 0.05) is 44.6 Å². The molecule has 0 saturated heterocycles. The molecule has 1 aromatic heterocycles. The molecule has 3 aromatic rings. The third kappa shape index (κ3) is 4.26. The summed E-state index contributed by atoms with van der Waals surface area (Å²) in [5.74, 6) is 1.64. The summed E-state index contributed by atoms with van der Waals surface area (Å²) in [4.78, 5) is 19.7. The van der Waals surface area contributed by atoms with Gasteiger partial charge in [-0.25, -0.2) is 4.98 Å². The van der Waals surface area contributed by atoms with E-state index in [9.17, 15) is 4.79 Å². The minimum absolute atomic E-state index is 0.153. The first kappa shape index (κ1) is 19.4. The van der Waals surface area contributed by atoms with E-state index in [2.05, 4.69) is 14.8 Å². The molecule has 0 radical (unpaired) electrons. The molecule has 1 N–H and O–H groups in total. The zero-order chi connectivity index (χ0) is 20.2. The normalized spacial score (nSPS) is 14.0. The van der Waals surface area contributed by atoms with Crippen LogP contribution in [0.2, 0.25) is 0 Å². The smallest absolute Gasteiger partial charge is 0.255 e. The van der Waals surface area contributed by atoms with Crippen molar-refractivity contribution in [1.29, 1.82) is 0 Å². The first-order valence-corrected chi connectivity index (χ1v) is 9.84. The lowest BCUT2D eigenvalue weighted by Gasteiger charge is -2.27. The van der Waals surface area contributed by atoms with Crippen LogP contribution in [0.3, 0.4) is 0 Å². The number of nitrogens with one attached hydrogen (secondary N) is 1. The number of methoxy groups -OCH3 is 2. The van der Waals surface area contributed by atoms with Crippen LogP contribution in [-0.4, -0.2) is 54.3 Å². The molecule has 0 aliphatic carbocycles. The highest BCUT2D eigenvalue weighted by molar-refractivity contribution is 6.05. The monoisotopic (exact) mass is 394 g/mol. The van der Waals surface area contributed by atoms with E-state index >= 15 is 0 Å². The van der Waals surface area contributed by atoms with Crippen LogP contribution in [0, 0.1) is 0 Å². The summed E-state index contributed by atoms with van der Waals surface area (Å²) in [7, 11) is 3.34. The van der Waals surface area contributed by atoms with Crippen molar-refractivity contribution in [3.8, 4) is 5.75 Å². The lowest BCUT2D eigenvalue weighted by molar-refractivity contribution is 0.102. The Kier molecular flexibility index (Phi) is 5.78. The van der Waals surface area contributed by atoms with Gasteiger partial charge in [-0.1, -0.05) is 0 Å². The molecule has 0 unspecified atom stereocenters. The second-order valence-corrected chi connectivity index (χ2v) is 7.19. The van der Waals surface area contributed by atoms with Gasteiger partial charge in [-0.3, -0.25) is 9.69 Å². The minimum atomic E-state index is -0.153. The van der Waals surface area contributed by atoms with Crippen molar-refractivity contribution in [2.75, 3.05) is 39.2 Å². The van der Waals surface area contributed by atoms with Gasteiger partial charge in [0.05, 0.1) is 24.7 Å². The van der Waals surface area contributed by atoms with Crippen LogP contribution >= 0.6 is 0 Å². The number of fused-ring (bicyclic) bond motifs is 3. The summed E-state index contributed by atoms with van der Waals surface area (Å²) >= 11 is 0. The van der Waals surface area contributed by atoms with Gasteiger partial charge in [-0.2, -0.15) is 0 Å². The molecular weight excluding hydrogens is 368 g/mol. The fourth-order valence-electron chi connectivity index (χ4n) is 3.72. The molecule has 152 valence electrons. The van der Waals surface area contributed by atoms with Gasteiger partial charge in [0.15, 0.2) is 0 Å². The second-order valence-electron chi connectivity index (χ2n) is 7.19. The molecule has 2 heterocycles. The zero-order valence-corrected chi connectivity index (χ0v) is 16.9. The number of carbonyl (C=O) groups is 1. The van der Waals surface area contributed by atoms with E-state index in [0.29, 0.717) is 5.56 Å². The molecule has 0 saturated carbocycles. The maximum absolute atomic E-state index is 12.5. The van der Waals surface area contributed by atoms with Crippen molar-refractivity contribution in [1.82, 2.24) is 14.5 Å². The van der Waals surface area contributed by atoms with Crippen LogP contribution in [0.25, 0.3) is 11.0 Å². The van der Waals surface area contributed by atoms with E-state index in [0.717, 1.165) is 67.5 Å². The van der Waals surface area contributed by atoms with Gasteiger partial charge < -0.3 is 19.4 Å². The van der Waals surface area contributed by atoms with Crippen LogP contribution in [-0.2, 0) is 17.8 Å². The zero-order valence-electron chi connectivity index (χ0n) is 16.9. The lowest BCUT2D eigenvalue weighted by Crippen LogP contribution is -2.34. The number of nitrogens with zero attached hydrogens (tertiary/aromatic N) is 3. The lowest BCUT2D eigenvalue weighted by atomic mass is 10.2. The fraction of sp³-hybridized carbons (Fsp3) is 0.364. The van der Waals surface area contributed by atoms with Crippen LogP contribution in [0.15, 0.2) is 42.5 Å². The Balaban J connectivity index is 1.48. The van der Waals surface area contributed by atoms with Crippen LogP contribution in [0.4, 0.5) is 5.69 Å². The predicted molar refractivity (Wildman–Crippen MR) is 112 cm³/mol. The number of carbonyl (C=O) groups excluding carboxylic acids is 1. The van der Waals surface area contributed by atoms with E-state index in [-0.39, 0.29) is 5.91 Å². The van der Waals surface area contributed by atoms with Crippen LogP contribution in [0.5, 0.6) is 5.75 Å². The number of amides is 1. The van der Waals surface area contributed by atoms with Gasteiger partial charge in [0.1, 0.15) is 11.6 Å². The van der Waals surface area contributed by atoms with Gasteiger partial charge >= 0.3 is 0 Å². The number of hydrogen-bond donors (Lipinski definition) is 1. The summed E-state index contributed by atoms with van der Waals surface area (Å²) in [5, 5.41) is 2.96. The predicted octanol–water partition coefficient (Wildman–Crippen LogP) is 3.15. The average molecular weight is 394 g/mol. The number of ether oxygens (including phenoxy) is 2. The van der Waals surface area contributed by atoms with Crippen molar-refractivity contribution in [3.63, 3.8) is 0 Å². The SMILES string of the molecule is COCCCN1CCn2c(nc3cc(NC(=O)c4ccc(OC)cc4)ccc32)C1. The summed E-state index contributed by atoms with van der Waals surface area (Å²) in [5.41, 5.74) is 3.35. The Labute approximate surface area is 170 Å². The van der Waals surface area contributed by atoms with Gasteiger partial charge in [-0.05, 0) is 48.9 Å². The van der Waals surface area contributed by atoms with E-state index < -0.39 is 0 Å². The summed E-state index contributed by atoms with van der Waals surface area (Å²) < 4.78 is 12.6. The van der Waals surface area contributed by atoms with Crippen molar-refractivity contribution in [2.45, 2.75) is 19.5 Å². The molecule has 7 nitrogen and oxygen atoms in total. The first-order valence-electron chi connectivity index (χ1n) is 9.84. The minimum Gasteiger partial charge on any atom is -0.497 e. The van der Waals surface area contributed by atoms with E-state index in [1.54, 1.807) is 38.5 Å². The quantitative estimate of drug-likeness (QED) is 0.624. The second kappa shape index (κ2) is 8.63. The molecular formula is C22H26N4O3. The average Bonchev–Trinajstić information content (AvgIpc) is 3.11. The first-order chi connectivity index (χ1) is 14.2. The summed E-state index contributed by atoms with van der Waals surface area (Å²) in [6.45, 7) is 4.57. The summed E-state index contributed by atoms with van der Waals surface area (Å²) in [6, 6.07) is 13.0. The van der Waals surface area contributed by atoms with Gasteiger partial charge in [-0.15, -0.1) is 0 Å². The van der Waals surface area contributed by atoms with Gasteiger partial charge in [0.25, 0.3) is 5.91 Å². The maximum atomic E-state index is 12.5. The third-order valence-electron chi connectivity index (χ3n) is 5.27. The Bertz CT molecular complexity index is 997. The van der Waals surface area contributed by atoms with Crippen molar-refractivity contribution >= 4 is 22.6 Å². The van der Waals surface area contributed by atoms with Crippen molar-refractivity contribution < 1.29 is 14.3 Å². The van der Waals surface area contributed by atoms with Gasteiger partial charge in [0.2, 0.25) is 0 Å². The third-order valence-corrected chi connectivity index (χ3v) is 5.27. The highest BCUT2D eigenvalue weighted by atomic mass is 16.5. The standard InChI is InChI=1S/C22H26N4O3/c1-28-13-3-10-25-11-12-26-20-9-6-17(14-19(20)24-21(26)15-25)23-22(27)16-4-7-18(29-2)8-5-16/h4-9,14H,3,10-13,15H2,1-2H3,(H,23,27). The molecule has 29 heavy (non-hydrogen) atoms. The van der Waals surface area contributed by atoms with E-state index in [1.807, 2.05) is 18.2 Å². The Hall–Kier alpha value is -2.90. The molecule has 4 rings (SSSR count). The molecule has 0 fully saturated rings. The number of rotatable bonds is 7. The highest BCUT2D eigenvalue weighted by Crippen LogP contribution is 2.24. The number of hydrogen-bond acceptors (Lipinski definition) is 5. The summed E-state index contributed by atoms with van der Waals surface area (Å²) in [6.07, 6.45) is 1.03. The molecule has 7 heteroatoms. The Morgan fingerprint density at radius 1 is 1.14 bits per heavy atom. The number of benzene rings is 2. The molecule has 1 amide bonds. The Morgan fingerprint density at radius 3 is 2.72 bits per heavy atom. The molecule has 0 spiro atoms. The molecule has 0 atom stereocenters. The van der Waals surface area contributed by atoms with E-state index in [1.165, 1.54) is 0 Å². The molecule has 1 aliphatic rings.